The second-order valence-corrected chi connectivity index (χ2v) is 8.66. The number of ether oxygens (including phenoxy) is 2. The van der Waals surface area contributed by atoms with Gasteiger partial charge < -0.3 is 19.8 Å². The number of carbonyl (C=O) groups excluding carboxylic acids is 2. The maximum atomic E-state index is 12.7. The number of amides is 1. The van der Waals surface area contributed by atoms with Gasteiger partial charge in [0, 0.05) is 11.3 Å². The molecule has 37 heavy (non-hydrogen) atoms. The molecule has 2 N–H and O–H groups in total. The van der Waals surface area contributed by atoms with Crippen molar-refractivity contribution < 1.29 is 19.1 Å². The maximum absolute atomic E-state index is 12.7. The summed E-state index contributed by atoms with van der Waals surface area (Å²) in [4.78, 5) is 33.2. The first-order chi connectivity index (χ1) is 17.9. The van der Waals surface area contributed by atoms with Crippen molar-refractivity contribution in [3.05, 3.63) is 108 Å². The zero-order valence-electron chi connectivity index (χ0n) is 20.4. The Morgan fingerprint density at radius 3 is 2.30 bits per heavy atom. The van der Waals surface area contributed by atoms with Crippen LogP contribution in [-0.2, 0) is 9.53 Å². The molecule has 0 radical (unpaired) electrons. The fraction of sp³-hybridized carbons (Fsp3) is 0.100. The van der Waals surface area contributed by atoms with Gasteiger partial charge in [-0.3, -0.25) is 4.79 Å². The fourth-order valence-electron chi connectivity index (χ4n) is 3.74. The Hall–Kier alpha value is -4.91. The summed E-state index contributed by atoms with van der Waals surface area (Å²) in [5.41, 5.74) is 4.45. The van der Waals surface area contributed by atoms with Crippen LogP contribution in [0.2, 0.25) is 0 Å². The minimum atomic E-state index is -0.992. The van der Waals surface area contributed by atoms with Gasteiger partial charge in [-0.15, -0.1) is 0 Å². The number of fused-ring (bicyclic) bond motifs is 1. The van der Waals surface area contributed by atoms with E-state index < -0.39 is 18.0 Å². The molecule has 7 heteroatoms. The van der Waals surface area contributed by atoms with E-state index in [0.29, 0.717) is 28.3 Å². The van der Waals surface area contributed by atoms with Crippen LogP contribution in [0.4, 0.5) is 5.69 Å². The number of aryl methyl sites for hydroxylation is 1. The molecule has 1 atom stereocenters. The Morgan fingerprint density at radius 1 is 0.865 bits per heavy atom. The van der Waals surface area contributed by atoms with Gasteiger partial charge in [0.15, 0.2) is 6.10 Å². The van der Waals surface area contributed by atoms with Crippen molar-refractivity contribution >= 4 is 28.6 Å². The topological polar surface area (TPSA) is 93.3 Å². The summed E-state index contributed by atoms with van der Waals surface area (Å²) in [6.07, 6.45) is -0.992. The Kier molecular flexibility index (Phi) is 6.68. The molecule has 5 aromatic rings. The quantitative estimate of drug-likeness (QED) is 0.253. The molecular weight excluding hydrogens is 466 g/mol. The third kappa shape index (κ3) is 5.67. The van der Waals surface area contributed by atoms with Crippen LogP contribution < -0.4 is 10.1 Å². The third-order valence-corrected chi connectivity index (χ3v) is 5.80. The standard InChI is InChI=1S/C30H25N3O4/c1-19-8-10-21(11-9-19)28-32-26-17-12-22(18-27(26)33-28)30(35)36-20(2)29(34)31-23-13-15-25(16-14-23)37-24-6-4-3-5-7-24/h3-18,20H,1-2H3,(H,31,34)(H,32,33). The van der Waals surface area contributed by atoms with E-state index in [0.717, 1.165) is 22.4 Å². The first kappa shape index (κ1) is 23.8. The number of imidazole rings is 1. The number of H-pyrrole nitrogens is 1. The first-order valence-electron chi connectivity index (χ1n) is 11.9. The highest BCUT2D eigenvalue weighted by molar-refractivity contribution is 5.98. The molecule has 0 aliphatic heterocycles. The van der Waals surface area contributed by atoms with Crippen molar-refractivity contribution in [1.29, 1.82) is 0 Å². The predicted molar refractivity (Wildman–Crippen MR) is 143 cm³/mol. The van der Waals surface area contributed by atoms with E-state index in [4.69, 9.17) is 9.47 Å². The second kappa shape index (κ2) is 10.4. The number of rotatable bonds is 7. The zero-order valence-corrected chi connectivity index (χ0v) is 20.4. The summed E-state index contributed by atoms with van der Waals surface area (Å²) >= 11 is 0. The normalized spacial score (nSPS) is 11.6. The number of aromatic nitrogens is 2. The molecular formula is C30H25N3O4. The average Bonchev–Trinajstić information content (AvgIpc) is 3.34. The van der Waals surface area contributed by atoms with Crippen molar-refractivity contribution in [1.82, 2.24) is 9.97 Å². The van der Waals surface area contributed by atoms with Gasteiger partial charge in [0.2, 0.25) is 0 Å². The molecule has 0 bridgehead atoms. The number of aromatic amines is 1. The molecule has 1 heterocycles. The van der Waals surface area contributed by atoms with Gasteiger partial charge >= 0.3 is 5.97 Å². The van der Waals surface area contributed by atoms with Crippen LogP contribution in [-0.4, -0.2) is 27.9 Å². The maximum Gasteiger partial charge on any atom is 0.338 e. The largest absolute Gasteiger partial charge is 0.457 e. The lowest BCUT2D eigenvalue weighted by molar-refractivity contribution is -0.123. The number of hydrogen-bond donors (Lipinski definition) is 2. The van der Waals surface area contributed by atoms with Gasteiger partial charge in [0.25, 0.3) is 5.91 Å². The lowest BCUT2D eigenvalue weighted by Gasteiger charge is -2.14. The van der Waals surface area contributed by atoms with E-state index >= 15 is 0 Å². The van der Waals surface area contributed by atoms with Crippen LogP contribution in [0, 0.1) is 6.92 Å². The number of nitrogens with one attached hydrogen (secondary N) is 2. The lowest BCUT2D eigenvalue weighted by atomic mass is 10.1. The lowest BCUT2D eigenvalue weighted by Crippen LogP contribution is -2.30. The summed E-state index contributed by atoms with van der Waals surface area (Å²) in [5.74, 6) is 1.05. The molecule has 1 aromatic heterocycles. The van der Waals surface area contributed by atoms with E-state index in [2.05, 4.69) is 15.3 Å². The summed E-state index contributed by atoms with van der Waals surface area (Å²) in [6, 6.07) is 29.5. The smallest absolute Gasteiger partial charge is 0.338 e. The van der Waals surface area contributed by atoms with Gasteiger partial charge in [-0.1, -0.05) is 48.0 Å². The predicted octanol–water partition coefficient (Wildman–Crippen LogP) is 6.51. The number of hydrogen-bond acceptors (Lipinski definition) is 5. The monoisotopic (exact) mass is 491 g/mol. The van der Waals surface area contributed by atoms with E-state index in [1.165, 1.54) is 6.92 Å². The Labute approximate surface area is 214 Å². The van der Waals surface area contributed by atoms with Gasteiger partial charge in [-0.25, -0.2) is 9.78 Å². The molecule has 7 nitrogen and oxygen atoms in total. The van der Waals surface area contributed by atoms with E-state index in [1.54, 1.807) is 42.5 Å². The second-order valence-electron chi connectivity index (χ2n) is 8.66. The van der Waals surface area contributed by atoms with Crippen molar-refractivity contribution in [2.24, 2.45) is 0 Å². The molecule has 0 fully saturated rings. The summed E-state index contributed by atoms with van der Waals surface area (Å²) < 4.78 is 11.2. The zero-order chi connectivity index (χ0) is 25.8. The van der Waals surface area contributed by atoms with Gasteiger partial charge in [-0.05, 0) is 68.4 Å². The minimum Gasteiger partial charge on any atom is -0.457 e. The molecule has 1 amide bonds. The van der Waals surface area contributed by atoms with E-state index in [1.807, 2.05) is 61.5 Å². The number of anilines is 1. The molecule has 0 spiro atoms. The van der Waals surface area contributed by atoms with Crippen LogP contribution in [0.1, 0.15) is 22.8 Å². The fourth-order valence-corrected chi connectivity index (χ4v) is 3.74. The Balaban J connectivity index is 1.20. The molecule has 0 saturated carbocycles. The molecule has 0 saturated heterocycles. The van der Waals surface area contributed by atoms with Crippen molar-refractivity contribution in [2.75, 3.05) is 5.32 Å². The highest BCUT2D eigenvalue weighted by Gasteiger charge is 2.20. The summed E-state index contributed by atoms with van der Waals surface area (Å²) in [6.45, 7) is 3.56. The SMILES string of the molecule is Cc1ccc(-c2nc3ccc(C(=O)OC(C)C(=O)Nc4ccc(Oc5ccccc5)cc4)cc3[nH]2)cc1. The molecule has 1 unspecified atom stereocenters. The van der Waals surface area contributed by atoms with Crippen LogP contribution >= 0.6 is 0 Å². The minimum absolute atomic E-state index is 0.327. The highest BCUT2D eigenvalue weighted by Crippen LogP contribution is 2.24. The molecule has 184 valence electrons. The van der Waals surface area contributed by atoms with Crippen LogP contribution in [0.25, 0.3) is 22.4 Å². The number of esters is 1. The molecule has 5 rings (SSSR count). The Morgan fingerprint density at radius 2 is 1.57 bits per heavy atom. The number of nitrogens with zero attached hydrogens (tertiary/aromatic N) is 1. The third-order valence-electron chi connectivity index (χ3n) is 5.80. The molecule has 0 aliphatic carbocycles. The van der Waals surface area contributed by atoms with Crippen molar-refractivity contribution in [3.8, 4) is 22.9 Å². The van der Waals surface area contributed by atoms with Crippen LogP contribution in [0.5, 0.6) is 11.5 Å². The van der Waals surface area contributed by atoms with E-state index in [-0.39, 0.29) is 0 Å². The van der Waals surface area contributed by atoms with Crippen molar-refractivity contribution in [3.63, 3.8) is 0 Å². The molecule has 4 aromatic carbocycles. The first-order valence-corrected chi connectivity index (χ1v) is 11.9. The number of benzene rings is 4. The van der Waals surface area contributed by atoms with Gasteiger partial charge in [-0.2, -0.15) is 0 Å². The summed E-state index contributed by atoms with van der Waals surface area (Å²) in [7, 11) is 0. The summed E-state index contributed by atoms with van der Waals surface area (Å²) in [5, 5.41) is 2.76. The van der Waals surface area contributed by atoms with Gasteiger partial charge in [0.05, 0.1) is 16.6 Å². The van der Waals surface area contributed by atoms with Crippen molar-refractivity contribution in [2.45, 2.75) is 20.0 Å². The molecule has 0 aliphatic rings. The Bertz CT molecular complexity index is 1540. The average molecular weight is 492 g/mol. The van der Waals surface area contributed by atoms with Crippen LogP contribution in [0.3, 0.4) is 0 Å². The van der Waals surface area contributed by atoms with E-state index in [9.17, 15) is 9.59 Å². The number of carbonyl (C=O) groups is 2. The number of para-hydroxylation sites is 1. The van der Waals surface area contributed by atoms with Crippen LogP contribution in [0.15, 0.2) is 97.1 Å². The van der Waals surface area contributed by atoms with Gasteiger partial charge in [0.1, 0.15) is 17.3 Å². The highest BCUT2D eigenvalue weighted by atomic mass is 16.5.